The second kappa shape index (κ2) is 6.95. The zero-order chi connectivity index (χ0) is 18.8. The molecule has 26 heavy (non-hydrogen) atoms. The normalized spacial score (nSPS) is 15.1. The highest BCUT2D eigenvalue weighted by molar-refractivity contribution is 6.06. The molecule has 2 aromatic carbocycles. The molecule has 0 saturated heterocycles. The predicted molar refractivity (Wildman–Crippen MR) is 97.5 cm³/mol. The maximum Gasteiger partial charge on any atom is 0.255 e. The summed E-state index contributed by atoms with van der Waals surface area (Å²) < 4.78 is 15.8. The summed E-state index contributed by atoms with van der Waals surface area (Å²) in [5, 5.41) is 5.64. The molecule has 1 unspecified atom stereocenters. The lowest BCUT2D eigenvalue weighted by Crippen LogP contribution is -2.13. The molecule has 0 aliphatic carbocycles. The molecular weight excluding hydrogens is 336 g/mol. The van der Waals surface area contributed by atoms with Gasteiger partial charge in [0.05, 0.1) is 27.2 Å². The van der Waals surface area contributed by atoms with Crippen LogP contribution in [-0.2, 0) is 4.79 Å². The number of hydrogen-bond donors (Lipinski definition) is 2. The van der Waals surface area contributed by atoms with Crippen LogP contribution in [0.25, 0.3) is 0 Å². The van der Waals surface area contributed by atoms with E-state index in [2.05, 4.69) is 10.6 Å². The standard InChI is InChI=1S/C19H20N2O5/c1-10-13-9-12(5-6-14(13)21-18(10)22)20-19(23)11-7-15(24-2)17(26-4)16(8-11)25-3/h5-10H,1-4H3,(H,20,23)(H,21,22). The molecule has 0 saturated carbocycles. The van der Waals surface area contributed by atoms with Gasteiger partial charge in [-0.25, -0.2) is 0 Å². The van der Waals surface area contributed by atoms with Crippen molar-refractivity contribution in [3.8, 4) is 17.2 Å². The van der Waals surface area contributed by atoms with Crippen LogP contribution in [0.4, 0.5) is 11.4 Å². The van der Waals surface area contributed by atoms with Crippen molar-refractivity contribution >= 4 is 23.2 Å². The van der Waals surface area contributed by atoms with Gasteiger partial charge in [-0.3, -0.25) is 9.59 Å². The van der Waals surface area contributed by atoms with E-state index >= 15 is 0 Å². The SMILES string of the molecule is COc1cc(C(=O)Nc2ccc3c(c2)C(C)C(=O)N3)cc(OC)c1OC. The summed E-state index contributed by atoms with van der Waals surface area (Å²) in [5.74, 6) is 0.594. The van der Waals surface area contributed by atoms with Crippen molar-refractivity contribution in [3.63, 3.8) is 0 Å². The fourth-order valence-corrected chi connectivity index (χ4v) is 2.91. The Morgan fingerprint density at radius 2 is 1.69 bits per heavy atom. The summed E-state index contributed by atoms with van der Waals surface area (Å²) in [6, 6.07) is 8.48. The number of nitrogens with one attached hydrogen (secondary N) is 2. The van der Waals surface area contributed by atoms with Crippen molar-refractivity contribution in [1.29, 1.82) is 0 Å². The first-order chi connectivity index (χ1) is 12.5. The molecule has 2 aromatic rings. The molecule has 7 nitrogen and oxygen atoms in total. The van der Waals surface area contributed by atoms with Crippen LogP contribution < -0.4 is 24.8 Å². The highest BCUT2D eigenvalue weighted by atomic mass is 16.5. The lowest BCUT2D eigenvalue weighted by molar-refractivity contribution is -0.116. The summed E-state index contributed by atoms with van der Waals surface area (Å²) in [5.41, 5.74) is 2.60. The maximum absolute atomic E-state index is 12.7. The van der Waals surface area contributed by atoms with Gasteiger partial charge in [-0.2, -0.15) is 0 Å². The zero-order valence-corrected chi connectivity index (χ0v) is 15.0. The van der Waals surface area contributed by atoms with Crippen LogP contribution in [0.3, 0.4) is 0 Å². The first kappa shape index (κ1) is 17.6. The van der Waals surface area contributed by atoms with Gasteiger partial charge in [0.25, 0.3) is 5.91 Å². The number of carbonyl (C=O) groups excluding carboxylic acids is 2. The van der Waals surface area contributed by atoms with Crippen LogP contribution in [0.2, 0.25) is 0 Å². The quantitative estimate of drug-likeness (QED) is 0.860. The lowest BCUT2D eigenvalue weighted by Gasteiger charge is -2.14. The molecule has 2 amide bonds. The Labute approximate surface area is 151 Å². The van der Waals surface area contributed by atoms with Crippen molar-refractivity contribution in [3.05, 3.63) is 41.5 Å². The molecule has 1 heterocycles. The van der Waals surface area contributed by atoms with E-state index in [0.717, 1.165) is 11.3 Å². The molecule has 0 aromatic heterocycles. The Balaban J connectivity index is 1.88. The second-order valence-electron chi connectivity index (χ2n) is 5.88. The van der Waals surface area contributed by atoms with Crippen molar-refractivity contribution in [2.75, 3.05) is 32.0 Å². The summed E-state index contributed by atoms with van der Waals surface area (Å²) in [4.78, 5) is 24.4. The van der Waals surface area contributed by atoms with Gasteiger partial charge in [0.15, 0.2) is 11.5 Å². The first-order valence-corrected chi connectivity index (χ1v) is 8.04. The summed E-state index contributed by atoms with van der Waals surface area (Å²) in [6.45, 7) is 1.83. The first-order valence-electron chi connectivity index (χ1n) is 8.04. The summed E-state index contributed by atoms with van der Waals surface area (Å²) in [7, 11) is 4.48. The van der Waals surface area contributed by atoms with E-state index in [1.54, 1.807) is 30.3 Å². The fourth-order valence-electron chi connectivity index (χ4n) is 2.91. The Bertz CT molecular complexity index is 853. The Morgan fingerprint density at radius 3 is 2.27 bits per heavy atom. The number of fused-ring (bicyclic) bond motifs is 1. The minimum Gasteiger partial charge on any atom is -0.493 e. The number of hydrogen-bond acceptors (Lipinski definition) is 5. The van der Waals surface area contributed by atoms with E-state index in [9.17, 15) is 9.59 Å². The third-order valence-corrected chi connectivity index (χ3v) is 4.35. The predicted octanol–water partition coefficient (Wildman–Crippen LogP) is 3.02. The van der Waals surface area contributed by atoms with Crippen molar-refractivity contribution in [1.82, 2.24) is 0 Å². The molecule has 1 aliphatic heterocycles. The van der Waals surface area contributed by atoms with Crippen molar-refractivity contribution < 1.29 is 23.8 Å². The fraction of sp³-hybridized carbons (Fsp3) is 0.263. The van der Waals surface area contributed by atoms with Gasteiger partial charge >= 0.3 is 0 Å². The smallest absolute Gasteiger partial charge is 0.255 e. The van der Waals surface area contributed by atoms with E-state index in [4.69, 9.17) is 14.2 Å². The topological polar surface area (TPSA) is 85.9 Å². The Kier molecular flexibility index (Phi) is 4.71. The number of amides is 2. The summed E-state index contributed by atoms with van der Waals surface area (Å²) in [6.07, 6.45) is 0. The largest absolute Gasteiger partial charge is 0.493 e. The number of benzene rings is 2. The molecular formula is C19H20N2O5. The molecule has 0 bridgehead atoms. The monoisotopic (exact) mass is 356 g/mol. The van der Waals surface area contributed by atoms with Gasteiger partial charge in [0, 0.05) is 16.9 Å². The molecule has 0 fully saturated rings. The van der Waals surface area contributed by atoms with E-state index in [1.807, 2.05) is 6.92 Å². The summed E-state index contributed by atoms with van der Waals surface area (Å²) >= 11 is 0. The van der Waals surface area contributed by atoms with Gasteiger partial charge in [-0.1, -0.05) is 0 Å². The number of ether oxygens (including phenoxy) is 3. The average molecular weight is 356 g/mol. The molecule has 0 spiro atoms. The molecule has 1 aliphatic rings. The number of methoxy groups -OCH3 is 3. The molecule has 7 heteroatoms. The van der Waals surface area contributed by atoms with E-state index in [1.165, 1.54) is 21.3 Å². The second-order valence-corrected chi connectivity index (χ2v) is 5.88. The van der Waals surface area contributed by atoms with E-state index in [-0.39, 0.29) is 17.7 Å². The van der Waals surface area contributed by atoms with Crippen LogP contribution in [0.5, 0.6) is 17.2 Å². The molecule has 136 valence electrons. The van der Waals surface area contributed by atoms with Crippen LogP contribution in [0.1, 0.15) is 28.8 Å². The third kappa shape index (κ3) is 3.03. The maximum atomic E-state index is 12.7. The lowest BCUT2D eigenvalue weighted by atomic mass is 10.0. The van der Waals surface area contributed by atoms with Gasteiger partial charge in [0.2, 0.25) is 11.7 Å². The van der Waals surface area contributed by atoms with Gasteiger partial charge in [0.1, 0.15) is 0 Å². The van der Waals surface area contributed by atoms with Gasteiger partial charge in [-0.15, -0.1) is 0 Å². The number of rotatable bonds is 5. The third-order valence-electron chi connectivity index (χ3n) is 4.35. The van der Waals surface area contributed by atoms with Crippen LogP contribution in [-0.4, -0.2) is 33.1 Å². The minimum atomic E-state index is -0.325. The van der Waals surface area contributed by atoms with Gasteiger partial charge < -0.3 is 24.8 Å². The minimum absolute atomic E-state index is 0.0481. The molecule has 3 rings (SSSR count). The number of carbonyl (C=O) groups is 2. The highest BCUT2D eigenvalue weighted by Gasteiger charge is 2.26. The van der Waals surface area contributed by atoms with Crippen LogP contribution >= 0.6 is 0 Å². The molecule has 2 N–H and O–H groups in total. The van der Waals surface area contributed by atoms with Crippen LogP contribution in [0, 0.1) is 0 Å². The Hall–Kier alpha value is -3.22. The average Bonchev–Trinajstić information content (AvgIpc) is 2.94. The molecule has 1 atom stereocenters. The number of anilines is 2. The van der Waals surface area contributed by atoms with Gasteiger partial charge in [-0.05, 0) is 42.8 Å². The van der Waals surface area contributed by atoms with Crippen molar-refractivity contribution in [2.24, 2.45) is 0 Å². The molecule has 0 radical (unpaired) electrons. The zero-order valence-electron chi connectivity index (χ0n) is 15.0. The Morgan fingerprint density at radius 1 is 1.04 bits per heavy atom. The van der Waals surface area contributed by atoms with Crippen LogP contribution in [0.15, 0.2) is 30.3 Å². The van der Waals surface area contributed by atoms with Crippen molar-refractivity contribution in [2.45, 2.75) is 12.8 Å². The van der Waals surface area contributed by atoms with E-state index in [0.29, 0.717) is 28.5 Å². The highest BCUT2D eigenvalue weighted by Crippen LogP contribution is 2.38. The van der Waals surface area contributed by atoms with E-state index < -0.39 is 0 Å².